The number of hydrogen-bond acceptors (Lipinski definition) is 4. The van der Waals surface area contributed by atoms with Gasteiger partial charge >= 0.3 is 0 Å². The fraction of sp³-hybridized carbons (Fsp3) is 0.583. The van der Waals surface area contributed by atoms with Crippen molar-refractivity contribution >= 4 is 11.6 Å². The van der Waals surface area contributed by atoms with Gasteiger partial charge in [0.15, 0.2) is 0 Å². The van der Waals surface area contributed by atoms with Crippen molar-refractivity contribution in [3.63, 3.8) is 0 Å². The van der Waals surface area contributed by atoms with Crippen molar-refractivity contribution in [3.8, 4) is 0 Å². The number of ether oxygens (including phenoxy) is 1. The quantitative estimate of drug-likeness (QED) is 0.838. The molecule has 1 heterocycles. The van der Waals surface area contributed by atoms with Crippen LogP contribution < -0.4 is 5.32 Å². The molecule has 0 aromatic carbocycles. The van der Waals surface area contributed by atoms with Crippen LogP contribution in [0.3, 0.4) is 0 Å². The summed E-state index contributed by atoms with van der Waals surface area (Å²) in [5.41, 5.74) is 0.620. The summed E-state index contributed by atoms with van der Waals surface area (Å²) in [4.78, 5) is 20.1. The molecule has 1 aromatic rings. The molecule has 17 heavy (non-hydrogen) atoms. The van der Waals surface area contributed by atoms with Crippen LogP contribution in [0.2, 0.25) is 0 Å². The number of methoxy groups -OCH3 is 1. The SMILES string of the molecule is CCc1ncc(NC(=O)C(OC)C2CC2)cn1. The maximum atomic E-state index is 11.9. The lowest BCUT2D eigenvalue weighted by molar-refractivity contribution is -0.126. The lowest BCUT2D eigenvalue weighted by Crippen LogP contribution is -2.31. The number of nitrogens with zero attached hydrogens (tertiary/aromatic N) is 2. The number of anilines is 1. The van der Waals surface area contributed by atoms with E-state index < -0.39 is 0 Å². The second kappa shape index (κ2) is 5.23. The molecule has 1 aliphatic carbocycles. The molecule has 1 atom stereocenters. The molecule has 1 unspecified atom stereocenters. The number of aromatic nitrogens is 2. The lowest BCUT2D eigenvalue weighted by Gasteiger charge is -2.13. The van der Waals surface area contributed by atoms with Crippen LogP contribution in [0.5, 0.6) is 0 Å². The predicted octanol–water partition coefficient (Wildman–Crippen LogP) is 1.40. The normalized spacial score (nSPS) is 16.6. The Hall–Kier alpha value is -1.49. The third-order valence-corrected chi connectivity index (χ3v) is 2.85. The highest BCUT2D eigenvalue weighted by Crippen LogP contribution is 2.34. The molecule has 0 radical (unpaired) electrons. The summed E-state index contributed by atoms with van der Waals surface area (Å²) < 4.78 is 5.20. The van der Waals surface area contributed by atoms with Crippen LogP contribution in [-0.2, 0) is 16.0 Å². The molecule has 1 amide bonds. The molecule has 1 fully saturated rings. The van der Waals surface area contributed by atoms with Crippen molar-refractivity contribution in [2.45, 2.75) is 32.3 Å². The third-order valence-electron chi connectivity index (χ3n) is 2.85. The largest absolute Gasteiger partial charge is 0.371 e. The summed E-state index contributed by atoms with van der Waals surface area (Å²) in [6.45, 7) is 1.99. The van der Waals surface area contributed by atoms with E-state index in [-0.39, 0.29) is 12.0 Å². The van der Waals surface area contributed by atoms with E-state index in [1.54, 1.807) is 19.5 Å². The van der Waals surface area contributed by atoms with E-state index in [2.05, 4.69) is 15.3 Å². The molecule has 1 saturated carbocycles. The van der Waals surface area contributed by atoms with E-state index in [0.29, 0.717) is 11.6 Å². The molecule has 92 valence electrons. The van der Waals surface area contributed by atoms with Gasteiger partial charge in [-0.3, -0.25) is 4.79 Å². The summed E-state index contributed by atoms with van der Waals surface area (Å²) in [7, 11) is 1.57. The average molecular weight is 235 g/mol. The molecule has 0 aliphatic heterocycles. The van der Waals surface area contributed by atoms with Crippen LogP contribution in [0.1, 0.15) is 25.6 Å². The van der Waals surface area contributed by atoms with Gasteiger partial charge in [0.2, 0.25) is 0 Å². The maximum Gasteiger partial charge on any atom is 0.253 e. The van der Waals surface area contributed by atoms with Gasteiger partial charge in [-0.25, -0.2) is 9.97 Å². The molecule has 0 spiro atoms. The molecule has 5 heteroatoms. The molecule has 0 saturated heterocycles. The molecular weight excluding hydrogens is 218 g/mol. The van der Waals surface area contributed by atoms with E-state index in [9.17, 15) is 4.79 Å². The third kappa shape index (κ3) is 3.00. The molecule has 0 bridgehead atoms. The van der Waals surface area contributed by atoms with E-state index in [0.717, 1.165) is 25.1 Å². The minimum Gasteiger partial charge on any atom is -0.371 e. The topological polar surface area (TPSA) is 64.1 Å². The Labute approximate surface area is 101 Å². The highest BCUT2D eigenvalue weighted by Gasteiger charge is 2.36. The average Bonchev–Trinajstić information content (AvgIpc) is 3.15. The number of amides is 1. The second-order valence-electron chi connectivity index (χ2n) is 4.22. The first-order chi connectivity index (χ1) is 8.24. The number of aryl methyl sites for hydroxylation is 1. The molecular formula is C12H17N3O2. The summed E-state index contributed by atoms with van der Waals surface area (Å²) in [5, 5.41) is 2.78. The highest BCUT2D eigenvalue weighted by molar-refractivity contribution is 5.94. The summed E-state index contributed by atoms with van der Waals surface area (Å²) in [5.74, 6) is 1.03. The Bertz CT molecular complexity index is 387. The fourth-order valence-electron chi connectivity index (χ4n) is 1.73. The number of carbonyl (C=O) groups is 1. The molecule has 1 aromatic heterocycles. The standard InChI is InChI=1S/C12H17N3O2/c1-3-10-13-6-9(7-14-10)15-12(16)11(17-2)8-4-5-8/h6-8,11H,3-5H2,1-2H3,(H,15,16). The van der Waals surface area contributed by atoms with Gasteiger partial charge in [0.05, 0.1) is 18.1 Å². The second-order valence-corrected chi connectivity index (χ2v) is 4.22. The zero-order valence-corrected chi connectivity index (χ0v) is 10.1. The summed E-state index contributed by atoms with van der Waals surface area (Å²) >= 11 is 0. The van der Waals surface area contributed by atoms with Crippen molar-refractivity contribution in [2.24, 2.45) is 5.92 Å². The van der Waals surface area contributed by atoms with Gasteiger partial charge in [-0.15, -0.1) is 0 Å². The van der Waals surface area contributed by atoms with Crippen LogP contribution in [0, 0.1) is 5.92 Å². The Morgan fingerprint density at radius 1 is 1.53 bits per heavy atom. The monoisotopic (exact) mass is 235 g/mol. The molecule has 1 aliphatic rings. The van der Waals surface area contributed by atoms with E-state index in [1.807, 2.05) is 6.92 Å². The van der Waals surface area contributed by atoms with Crippen LogP contribution in [-0.4, -0.2) is 29.1 Å². The van der Waals surface area contributed by atoms with Gasteiger partial charge in [-0.1, -0.05) is 6.92 Å². The van der Waals surface area contributed by atoms with E-state index >= 15 is 0 Å². The first-order valence-corrected chi connectivity index (χ1v) is 5.89. The molecule has 5 nitrogen and oxygen atoms in total. The van der Waals surface area contributed by atoms with Crippen molar-refractivity contribution in [3.05, 3.63) is 18.2 Å². The molecule has 1 N–H and O–H groups in total. The van der Waals surface area contributed by atoms with Gasteiger partial charge in [-0.2, -0.15) is 0 Å². The van der Waals surface area contributed by atoms with Gasteiger partial charge in [0.1, 0.15) is 11.9 Å². The Balaban J connectivity index is 1.96. The minimum absolute atomic E-state index is 0.108. The summed E-state index contributed by atoms with van der Waals surface area (Å²) in [6.07, 6.45) is 5.83. The van der Waals surface area contributed by atoms with Crippen molar-refractivity contribution in [1.82, 2.24) is 9.97 Å². The minimum atomic E-state index is -0.346. The lowest BCUT2D eigenvalue weighted by atomic mass is 10.2. The van der Waals surface area contributed by atoms with Gasteiger partial charge < -0.3 is 10.1 Å². The number of hydrogen-bond donors (Lipinski definition) is 1. The maximum absolute atomic E-state index is 11.9. The Kier molecular flexibility index (Phi) is 3.68. The molecule has 2 rings (SSSR count). The van der Waals surface area contributed by atoms with Crippen molar-refractivity contribution < 1.29 is 9.53 Å². The van der Waals surface area contributed by atoms with Gasteiger partial charge in [0.25, 0.3) is 5.91 Å². The fourth-order valence-corrected chi connectivity index (χ4v) is 1.73. The smallest absolute Gasteiger partial charge is 0.253 e. The van der Waals surface area contributed by atoms with Crippen molar-refractivity contribution in [2.75, 3.05) is 12.4 Å². The first kappa shape index (κ1) is 12.0. The van der Waals surface area contributed by atoms with Crippen molar-refractivity contribution in [1.29, 1.82) is 0 Å². The highest BCUT2D eigenvalue weighted by atomic mass is 16.5. The van der Waals surface area contributed by atoms with Gasteiger partial charge in [0, 0.05) is 13.5 Å². The Morgan fingerprint density at radius 2 is 2.18 bits per heavy atom. The number of carbonyl (C=O) groups excluding carboxylic acids is 1. The zero-order chi connectivity index (χ0) is 12.3. The van der Waals surface area contributed by atoms with Crippen LogP contribution in [0.4, 0.5) is 5.69 Å². The number of nitrogens with one attached hydrogen (secondary N) is 1. The Morgan fingerprint density at radius 3 is 2.65 bits per heavy atom. The first-order valence-electron chi connectivity index (χ1n) is 5.89. The van der Waals surface area contributed by atoms with E-state index in [4.69, 9.17) is 4.74 Å². The van der Waals surface area contributed by atoms with E-state index in [1.165, 1.54) is 0 Å². The van der Waals surface area contributed by atoms with Gasteiger partial charge in [-0.05, 0) is 18.8 Å². The van der Waals surface area contributed by atoms with Crippen LogP contribution in [0.25, 0.3) is 0 Å². The summed E-state index contributed by atoms with van der Waals surface area (Å²) in [6, 6.07) is 0. The van der Waals surface area contributed by atoms with Crippen LogP contribution in [0.15, 0.2) is 12.4 Å². The van der Waals surface area contributed by atoms with Crippen LogP contribution >= 0.6 is 0 Å². The zero-order valence-electron chi connectivity index (χ0n) is 10.1. The predicted molar refractivity (Wildman–Crippen MR) is 63.6 cm³/mol. The number of rotatable bonds is 5.